The Balaban J connectivity index is 1.52. The molecule has 3 atom stereocenters. The number of nitrogens with zero attached hydrogens (tertiary/aromatic N) is 1. The number of urea groups is 1. The molecule has 1 aliphatic heterocycles. The molecule has 0 aliphatic carbocycles. The van der Waals surface area contributed by atoms with E-state index in [0.29, 0.717) is 6.54 Å². The number of aliphatic hydroxyl groups is 1. The second-order valence-corrected chi connectivity index (χ2v) is 12.2. The molecule has 4 rings (SSSR count). The molecule has 216 valence electrons. The van der Waals surface area contributed by atoms with Crippen molar-refractivity contribution < 1.29 is 23.9 Å². The van der Waals surface area contributed by atoms with Crippen LogP contribution in [0.5, 0.6) is 0 Å². The lowest BCUT2D eigenvalue weighted by Gasteiger charge is -2.33. The van der Waals surface area contributed by atoms with Crippen LogP contribution in [0.2, 0.25) is 0 Å². The van der Waals surface area contributed by atoms with Gasteiger partial charge in [0.1, 0.15) is 11.9 Å². The highest BCUT2D eigenvalue weighted by atomic mass is 32.2. The molecule has 1 fully saturated rings. The molecular formula is C31H35FN4O4S. The van der Waals surface area contributed by atoms with Crippen LogP contribution >= 0.6 is 11.8 Å². The third kappa shape index (κ3) is 7.45. The minimum Gasteiger partial charge on any atom is -0.381 e. The number of halogens is 1. The minimum atomic E-state index is -1.66. The number of carbonyl (C=O) groups is 3. The minimum absolute atomic E-state index is 0.0349. The number of para-hydroxylation sites is 1. The van der Waals surface area contributed by atoms with Crippen molar-refractivity contribution in [1.82, 2.24) is 15.5 Å². The fraction of sp³-hybridized carbons (Fsp3) is 0.323. The molecule has 1 aliphatic rings. The summed E-state index contributed by atoms with van der Waals surface area (Å²) in [4.78, 5) is 41.4. The van der Waals surface area contributed by atoms with Gasteiger partial charge >= 0.3 is 6.03 Å². The van der Waals surface area contributed by atoms with E-state index < -0.39 is 40.7 Å². The number of thioether (sulfide) groups is 1. The maximum Gasteiger partial charge on any atom is 0.319 e. The predicted molar refractivity (Wildman–Crippen MR) is 159 cm³/mol. The van der Waals surface area contributed by atoms with E-state index in [1.807, 2.05) is 75.4 Å². The van der Waals surface area contributed by atoms with Gasteiger partial charge in [-0.3, -0.25) is 9.59 Å². The van der Waals surface area contributed by atoms with E-state index in [0.717, 1.165) is 16.7 Å². The lowest BCUT2D eigenvalue weighted by Crippen LogP contribution is -2.59. The molecule has 3 aromatic carbocycles. The van der Waals surface area contributed by atoms with Crippen LogP contribution in [0.15, 0.2) is 78.9 Å². The van der Waals surface area contributed by atoms with E-state index in [9.17, 15) is 23.9 Å². The highest BCUT2D eigenvalue weighted by Gasteiger charge is 2.49. The van der Waals surface area contributed by atoms with Gasteiger partial charge in [0.2, 0.25) is 5.91 Å². The van der Waals surface area contributed by atoms with Crippen molar-refractivity contribution in [2.24, 2.45) is 0 Å². The first-order chi connectivity index (χ1) is 19.6. The Morgan fingerprint density at radius 1 is 1.02 bits per heavy atom. The van der Waals surface area contributed by atoms with Gasteiger partial charge in [-0.1, -0.05) is 66.7 Å². The second kappa shape index (κ2) is 13.2. The molecule has 3 unspecified atom stereocenters. The number of carbonyl (C=O) groups excluding carboxylic acids is 3. The largest absolute Gasteiger partial charge is 0.381 e. The first kappa shape index (κ1) is 30.1. The van der Waals surface area contributed by atoms with Gasteiger partial charge in [-0.15, -0.1) is 11.8 Å². The van der Waals surface area contributed by atoms with Crippen LogP contribution in [-0.4, -0.2) is 56.7 Å². The van der Waals surface area contributed by atoms with E-state index in [1.165, 1.54) is 34.9 Å². The predicted octanol–water partition coefficient (Wildman–Crippen LogP) is 4.22. The molecule has 10 heteroatoms. The van der Waals surface area contributed by atoms with E-state index >= 15 is 0 Å². The summed E-state index contributed by atoms with van der Waals surface area (Å²) in [7, 11) is 0. The highest BCUT2D eigenvalue weighted by Crippen LogP contribution is 2.40. The third-order valence-corrected chi connectivity index (χ3v) is 8.54. The zero-order valence-corrected chi connectivity index (χ0v) is 24.1. The zero-order chi connectivity index (χ0) is 29.6. The molecular weight excluding hydrogens is 543 g/mol. The number of nitrogens with one attached hydrogen (secondary N) is 3. The van der Waals surface area contributed by atoms with E-state index in [1.54, 1.807) is 6.07 Å². The van der Waals surface area contributed by atoms with Crippen LogP contribution in [0.3, 0.4) is 0 Å². The summed E-state index contributed by atoms with van der Waals surface area (Å²) in [6.45, 7) is 6.04. The highest BCUT2D eigenvalue weighted by molar-refractivity contribution is 8.00. The van der Waals surface area contributed by atoms with Gasteiger partial charge in [0.25, 0.3) is 5.91 Å². The number of hydrogen-bond donors (Lipinski definition) is 4. The Kier molecular flexibility index (Phi) is 9.67. The monoisotopic (exact) mass is 578 g/mol. The molecule has 0 aromatic heterocycles. The van der Waals surface area contributed by atoms with E-state index in [2.05, 4.69) is 16.0 Å². The lowest BCUT2D eigenvalue weighted by atomic mass is 9.97. The fourth-order valence-corrected chi connectivity index (χ4v) is 5.98. The van der Waals surface area contributed by atoms with Crippen LogP contribution in [0.1, 0.15) is 30.5 Å². The van der Waals surface area contributed by atoms with Gasteiger partial charge in [0, 0.05) is 11.3 Å². The molecule has 0 saturated carbocycles. The first-order valence-electron chi connectivity index (χ1n) is 13.4. The summed E-state index contributed by atoms with van der Waals surface area (Å²) in [5.74, 6) is -1.42. The molecule has 0 bridgehead atoms. The van der Waals surface area contributed by atoms with Gasteiger partial charge in [-0.25, -0.2) is 9.18 Å². The molecule has 41 heavy (non-hydrogen) atoms. The van der Waals surface area contributed by atoms with Gasteiger partial charge in [0.05, 0.1) is 17.6 Å². The molecule has 0 radical (unpaired) electrons. The Bertz CT molecular complexity index is 1390. The summed E-state index contributed by atoms with van der Waals surface area (Å²) < 4.78 is 13.5. The fourth-order valence-electron chi connectivity index (χ4n) is 4.84. The topological polar surface area (TPSA) is 111 Å². The number of amides is 4. The average Bonchev–Trinajstić information content (AvgIpc) is 3.27. The number of aryl methyl sites for hydroxylation is 1. The summed E-state index contributed by atoms with van der Waals surface area (Å²) >= 11 is 1.44. The number of hydrogen-bond acceptors (Lipinski definition) is 5. The molecule has 3 aromatic rings. The van der Waals surface area contributed by atoms with Crippen molar-refractivity contribution in [3.63, 3.8) is 0 Å². The third-order valence-electron chi connectivity index (χ3n) is 7.16. The van der Waals surface area contributed by atoms with Crippen LogP contribution in [0.4, 0.5) is 14.9 Å². The van der Waals surface area contributed by atoms with Crippen LogP contribution in [0, 0.1) is 12.7 Å². The summed E-state index contributed by atoms with van der Waals surface area (Å²) in [6.07, 6.45) is -1.53. The Morgan fingerprint density at radius 3 is 2.39 bits per heavy atom. The maximum absolute atomic E-state index is 14.1. The van der Waals surface area contributed by atoms with Gasteiger partial charge in [0.15, 0.2) is 6.10 Å². The summed E-state index contributed by atoms with van der Waals surface area (Å²) in [6, 6.07) is 19.9. The Hall–Kier alpha value is -3.89. The molecule has 1 saturated heterocycles. The van der Waals surface area contributed by atoms with Crippen molar-refractivity contribution >= 4 is 35.3 Å². The quantitative estimate of drug-likeness (QED) is 0.304. The van der Waals surface area contributed by atoms with Crippen molar-refractivity contribution in [2.45, 2.75) is 56.7 Å². The van der Waals surface area contributed by atoms with Crippen molar-refractivity contribution in [3.8, 4) is 0 Å². The average molecular weight is 579 g/mol. The van der Waals surface area contributed by atoms with E-state index in [4.69, 9.17) is 0 Å². The van der Waals surface area contributed by atoms with Gasteiger partial charge in [-0.2, -0.15) is 0 Å². The molecule has 8 nitrogen and oxygen atoms in total. The van der Waals surface area contributed by atoms with Crippen molar-refractivity contribution in [1.29, 1.82) is 0 Å². The van der Waals surface area contributed by atoms with Crippen LogP contribution in [-0.2, 0) is 22.6 Å². The SMILES string of the molecule is Cc1ccccc1CNC(=O)C1N(C(=O)C(O)C(Cc2ccccc2)NC(=O)Nc2ccccc2F)CSC1(C)C. The number of benzene rings is 3. The van der Waals surface area contributed by atoms with Crippen LogP contribution < -0.4 is 16.0 Å². The number of rotatable bonds is 9. The standard InChI is InChI=1S/C31H35FN4O4S/c1-20-11-7-8-14-22(20)18-33-28(38)27-31(2,3)41-19-36(27)29(39)26(37)25(17-21-12-5-4-6-13-21)35-30(40)34-24-16-10-9-15-23(24)32/h4-16,25-27,37H,17-19H2,1-3H3,(H,33,38)(H2,34,35,40). The number of aliphatic hydroxyl groups excluding tert-OH is 1. The molecule has 1 heterocycles. The summed E-state index contributed by atoms with van der Waals surface area (Å²) in [5, 5.41) is 19.4. The normalized spacial score (nSPS) is 17.4. The lowest BCUT2D eigenvalue weighted by molar-refractivity contribution is -0.147. The van der Waals surface area contributed by atoms with Crippen LogP contribution in [0.25, 0.3) is 0 Å². The van der Waals surface area contributed by atoms with Gasteiger partial charge < -0.3 is 26.0 Å². The molecule has 4 N–H and O–H groups in total. The Morgan fingerprint density at radius 2 is 1.68 bits per heavy atom. The summed E-state index contributed by atoms with van der Waals surface area (Å²) in [5.41, 5.74) is 2.75. The van der Waals surface area contributed by atoms with Crippen molar-refractivity contribution in [2.75, 3.05) is 11.2 Å². The van der Waals surface area contributed by atoms with E-state index in [-0.39, 0.29) is 23.9 Å². The van der Waals surface area contributed by atoms with Crippen molar-refractivity contribution in [3.05, 3.63) is 101 Å². The molecule has 4 amide bonds. The second-order valence-electron chi connectivity index (χ2n) is 10.6. The smallest absolute Gasteiger partial charge is 0.319 e. The van der Waals surface area contributed by atoms with Gasteiger partial charge in [-0.05, 0) is 56.0 Å². The Labute approximate surface area is 243 Å². The molecule has 0 spiro atoms. The zero-order valence-electron chi connectivity index (χ0n) is 23.3. The first-order valence-corrected chi connectivity index (χ1v) is 14.4. The number of anilines is 1. The maximum atomic E-state index is 14.1.